The molecule has 1 heterocycles. The number of nitrogens with two attached hydrogens (primary N) is 1. The van der Waals surface area contributed by atoms with E-state index in [1.165, 1.54) is 12.8 Å². The Hall–Kier alpha value is -0.650. The predicted molar refractivity (Wildman–Crippen MR) is 77.7 cm³/mol. The van der Waals surface area contributed by atoms with E-state index in [1.807, 2.05) is 6.92 Å². The molecule has 20 heavy (non-hydrogen) atoms. The Labute approximate surface area is 126 Å². The molecule has 2 unspecified atom stereocenters. The molecular weight excluding hydrogens is 278 g/mol. The minimum atomic E-state index is -0.554. The van der Waals surface area contributed by atoms with Gasteiger partial charge in [-0.15, -0.1) is 12.4 Å². The van der Waals surface area contributed by atoms with Gasteiger partial charge in [-0.25, -0.2) is 0 Å². The lowest BCUT2D eigenvalue weighted by molar-refractivity contribution is -0.162. The van der Waals surface area contributed by atoms with Gasteiger partial charge < -0.3 is 15.0 Å². The highest BCUT2D eigenvalue weighted by Crippen LogP contribution is 2.55. The monoisotopic (exact) mass is 301 g/mol. The van der Waals surface area contributed by atoms with Gasteiger partial charge in [-0.1, -0.05) is 19.0 Å². The molecule has 0 radical (unpaired) electrons. The van der Waals surface area contributed by atoms with Crippen LogP contribution >= 0.6 is 12.4 Å². The van der Waals surface area contributed by atoms with E-state index in [4.69, 9.17) is 15.0 Å². The fourth-order valence-electron chi connectivity index (χ4n) is 2.90. The SMILES string of the molecule is CCOC1CC(N)(c2nc(CC3CC3)no2)C1(C)C.Cl. The topological polar surface area (TPSA) is 74.2 Å². The predicted octanol–water partition coefficient (Wildman–Crippen LogP) is 2.43. The summed E-state index contributed by atoms with van der Waals surface area (Å²) in [7, 11) is 0. The van der Waals surface area contributed by atoms with Crippen molar-refractivity contribution in [2.24, 2.45) is 17.1 Å². The summed E-state index contributed by atoms with van der Waals surface area (Å²) in [4.78, 5) is 4.52. The normalized spacial score (nSPS) is 31.5. The molecule has 2 aliphatic rings. The number of halogens is 1. The second kappa shape index (κ2) is 5.28. The van der Waals surface area contributed by atoms with Crippen LogP contribution in [0.2, 0.25) is 0 Å². The van der Waals surface area contributed by atoms with Crippen molar-refractivity contribution in [1.82, 2.24) is 10.1 Å². The standard InChI is InChI=1S/C14H23N3O2.ClH/c1-4-18-10-8-14(15,13(10,2)3)12-16-11(17-19-12)7-9-5-6-9;/h9-10H,4-8,15H2,1-3H3;1H. The van der Waals surface area contributed by atoms with Gasteiger partial charge in [-0.05, 0) is 25.7 Å². The fourth-order valence-corrected chi connectivity index (χ4v) is 2.90. The van der Waals surface area contributed by atoms with E-state index < -0.39 is 5.54 Å². The molecule has 114 valence electrons. The van der Waals surface area contributed by atoms with E-state index in [0.29, 0.717) is 12.5 Å². The molecule has 5 nitrogen and oxygen atoms in total. The first-order valence-corrected chi connectivity index (χ1v) is 7.21. The summed E-state index contributed by atoms with van der Waals surface area (Å²) in [5.74, 6) is 2.13. The molecular formula is C14H24ClN3O2. The van der Waals surface area contributed by atoms with E-state index in [9.17, 15) is 0 Å². The Bertz CT molecular complexity index is 473. The second-order valence-electron chi connectivity index (χ2n) is 6.50. The Morgan fingerprint density at radius 3 is 2.65 bits per heavy atom. The van der Waals surface area contributed by atoms with Gasteiger partial charge >= 0.3 is 0 Å². The van der Waals surface area contributed by atoms with Crippen LogP contribution in [0, 0.1) is 11.3 Å². The average molecular weight is 302 g/mol. The summed E-state index contributed by atoms with van der Waals surface area (Å²) >= 11 is 0. The van der Waals surface area contributed by atoms with E-state index >= 15 is 0 Å². The third-order valence-corrected chi connectivity index (χ3v) is 4.85. The second-order valence-corrected chi connectivity index (χ2v) is 6.50. The van der Waals surface area contributed by atoms with Crippen LogP contribution in [0.5, 0.6) is 0 Å². The minimum absolute atomic E-state index is 0. The van der Waals surface area contributed by atoms with Crippen LogP contribution in [0.4, 0.5) is 0 Å². The maximum Gasteiger partial charge on any atom is 0.247 e. The first kappa shape index (κ1) is 15.7. The lowest BCUT2D eigenvalue weighted by Gasteiger charge is -2.56. The zero-order valence-corrected chi connectivity index (χ0v) is 13.2. The molecule has 3 rings (SSSR count). The maximum atomic E-state index is 6.51. The molecule has 1 aromatic rings. The Morgan fingerprint density at radius 2 is 2.10 bits per heavy atom. The smallest absolute Gasteiger partial charge is 0.247 e. The molecule has 0 aliphatic heterocycles. The molecule has 0 bridgehead atoms. The molecule has 2 aliphatic carbocycles. The molecule has 6 heteroatoms. The highest BCUT2D eigenvalue weighted by atomic mass is 35.5. The van der Waals surface area contributed by atoms with Gasteiger partial charge in [0, 0.05) is 24.9 Å². The van der Waals surface area contributed by atoms with Crippen LogP contribution in [-0.2, 0) is 16.7 Å². The van der Waals surface area contributed by atoms with Gasteiger partial charge in [-0.3, -0.25) is 0 Å². The number of ether oxygens (including phenoxy) is 1. The van der Waals surface area contributed by atoms with Gasteiger partial charge in [0.1, 0.15) is 5.54 Å². The lowest BCUT2D eigenvalue weighted by atomic mass is 9.54. The number of aromatic nitrogens is 2. The van der Waals surface area contributed by atoms with Crippen molar-refractivity contribution in [3.05, 3.63) is 11.7 Å². The molecule has 0 amide bonds. The molecule has 2 N–H and O–H groups in total. The van der Waals surface area contributed by atoms with Crippen LogP contribution < -0.4 is 5.73 Å². The number of rotatable bonds is 5. The van der Waals surface area contributed by atoms with Crippen molar-refractivity contribution in [3.8, 4) is 0 Å². The highest BCUT2D eigenvalue weighted by Gasteiger charge is 2.62. The molecule has 2 fully saturated rings. The summed E-state index contributed by atoms with van der Waals surface area (Å²) in [6.07, 6.45) is 4.42. The summed E-state index contributed by atoms with van der Waals surface area (Å²) in [6, 6.07) is 0. The zero-order chi connectivity index (χ0) is 13.7. The largest absolute Gasteiger partial charge is 0.378 e. The van der Waals surface area contributed by atoms with Crippen LogP contribution in [0.15, 0.2) is 4.52 Å². The van der Waals surface area contributed by atoms with E-state index in [0.717, 1.165) is 24.6 Å². The third-order valence-electron chi connectivity index (χ3n) is 4.85. The minimum Gasteiger partial charge on any atom is -0.378 e. The van der Waals surface area contributed by atoms with E-state index in [2.05, 4.69) is 24.0 Å². The molecule has 2 saturated carbocycles. The first-order valence-electron chi connectivity index (χ1n) is 7.21. The van der Waals surface area contributed by atoms with Crippen molar-refractivity contribution in [2.45, 2.75) is 58.1 Å². The molecule has 0 spiro atoms. The fraction of sp³-hybridized carbons (Fsp3) is 0.857. The van der Waals surface area contributed by atoms with Crippen molar-refractivity contribution < 1.29 is 9.26 Å². The number of nitrogens with zero attached hydrogens (tertiary/aromatic N) is 2. The highest BCUT2D eigenvalue weighted by molar-refractivity contribution is 5.85. The van der Waals surface area contributed by atoms with Crippen LogP contribution in [0.1, 0.15) is 51.7 Å². The van der Waals surface area contributed by atoms with Gasteiger partial charge in [-0.2, -0.15) is 4.98 Å². The van der Waals surface area contributed by atoms with Gasteiger partial charge in [0.2, 0.25) is 5.89 Å². The van der Waals surface area contributed by atoms with Crippen molar-refractivity contribution in [1.29, 1.82) is 0 Å². The Morgan fingerprint density at radius 1 is 1.40 bits per heavy atom. The van der Waals surface area contributed by atoms with Crippen molar-refractivity contribution >= 4 is 12.4 Å². The molecule has 0 aromatic carbocycles. The third kappa shape index (κ3) is 2.36. The summed E-state index contributed by atoms with van der Waals surface area (Å²) in [6.45, 7) is 6.94. The van der Waals surface area contributed by atoms with E-state index in [1.54, 1.807) is 0 Å². The average Bonchev–Trinajstić information content (AvgIpc) is 3.04. The van der Waals surface area contributed by atoms with Gasteiger partial charge in [0.25, 0.3) is 0 Å². The number of hydrogen-bond acceptors (Lipinski definition) is 5. The summed E-state index contributed by atoms with van der Waals surface area (Å²) in [5.41, 5.74) is 5.78. The van der Waals surface area contributed by atoms with Crippen LogP contribution in [-0.4, -0.2) is 22.9 Å². The Kier molecular flexibility index (Phi) is 4.15. The van der Waals surface area contributed by atoms with Crippen molar-refractivity contribution in [2.75, 3.05) is 6.61 Å². The maximum absolute atomic E-state index is 6.51. The van der Waals surface area contributed by atoms with Gasteiger partial charge in [0.15, 0.2) is 5.82 Å². The lowest BCUT2D eigenvalue weighted by Crippen LogP contribution is -2.67. The van der Waals surface area contributed by atoms with Crippen LogP contribution in [0.3, 0.4) is 0 Å². The van der Waals surface area contributed by atoms with Crippen LogP contribution in [0.25, 0.3) is 0 Å². The van der Waals surface area contributed by atoms with E-state index in [-0.39, 0.29) is 23.9 Å². The summed E-state index contributed by atoms with van der Waals surface area (Å²) in [5, 5.41) is 4.07. The molecule has 1 aromatic heterocycles. The first-order chi connectivity index (χ1) is 8.97. The van der Waals surface area contributed by atoms with Crippen molar-refractivity contribution in [3.63, 3.8) is 0 Å². The quantitative estimate of drug-likeness (QED) is 0.904. The van der Waals surface area contributed by atoms with Gasteiger partial charge in [0.05, 0.1) is 6.10 Å². The molecule has 2 atom stereocenters. The zero-order valence-electron chi connectivity index (χ0n) is 12.4. The molecule has 0 saturated heterocycles. The Balaban J connectivity index is 0.00000147. The number of hydrogen-bond donors (Lipinski definition) is 1. The summed E-state index contributed by atoms with van der Waals surface area (Å²) < 4.78 is 11.1.